The van der Waals surface area contributed by atoms with Gasteiger partial charge in [0, 0.05) is 11.4 Å². The molecule has 132 valence electrons. The SMILES string of the molecule is C1=CC2=Cc3cccc(n3)C3=CC=CC(=Cc4cccc(n4)C(=C1)[N-]2)[N-]3.[Pt+2]. The van der Waals surface area contributed by atoms with Crippen LogP contribution in [-0.4, -0.2) is 9.97 Å². The molecule has 0 aromatic carbocycles. The Bertz CT molecular complexity index is 999. The van der Waals surface area contributed by atoms with E-state index in [0.717, 1.165) is 45.6 Å². The smallest absolute Gasteiger partial charge is 0.656 e. The quantitative estimate of drug-likeness (QED) is 0.457. The zero-order valence-corrected chi connectivity index (χ0v) is 16.5. The van der Waals surface area contributed by atoms with E-state index in [0.29, 0.717) is 0 Å². The fraction of sp³-hybridized carbons (Fsp3) is 0. The minimum Gasteiger partial charge on any atom is -0.656 e. The maximum atomic E-state index is 4.73. The van der Waals surface area contributed by atoms with E-state index in [9.17, 15) is 0 Å². The molecule has 0 saturated heterocycles. The summed E-state index contributed by atoms with van der Waals surface area (Å²) in [5.41, 5.74) is 6.74. The van der Waals surface area contributed by atoms with Gasteiger partial charge in [-0.2, -0.15) is 0 Å². The second-order valence-corrected chi connectivity index (χ2v) is 6.08. The summed E-state index contributed by atoms with van der Waals surface area (Å²) in [6.07, 6.45) is 15.8. The van der Waals surface area contributed by atoms with Crippen molar-refractivity contribution in [3.8, 4) is 0 Å². The van der Waals surface area contributed by atoms with Gasteiger partial charge in [-0.3, -0.25) is 9.97 Å². The third-order valence-corrected chi connectivity index (χ3v) is 4.20. The monoisotopic (exact) mass is 529 g/mol. The van der Waals surface area contributed by atoms with Crippen LogP contribution in [0.15, 0.2) is 84.2 Å². The van der Waals surface area contributed by atoms with Crippen molar-refractivity contribution in [3.05, 3.63) is 118 Å². The normalized spacial score (nSPS) is 16.3. The molecule has 27 heavy (non-hydrogen) atoms. The van der Waals surface area contributed by atoms with Crippen molar-refractivity contribution in [3.63, 3.8) is 0 Å². The number of nitrogens with zero attached hydrogens (tertiary/aromatic N) is 4. The first-order chi connectivity index (χ1) is 12.8. The van der Waals surface area contributed by atoms with Crippen LogP contribution >= 0.6 is 0 Å². The predicted molar refractivity (Wildman–Crippen MR) is 105 cm³/mol. The van der Waals surface area contributed by atoms with Crippen molar-refractivity contribution < 1.29 is 21.1 Å². The van der Waals surface area contributed by atoms with Gasteiger partial charge in [0.15, 0.2) is 0 Å². The molecule has 5 heterocycles. The topological polar surface area (TPSA) is 54.0 Å². The zero-order chi connectivity index (χ0) is 17.3. The second kappa shape index (κ2) is 7.34. The summed E-state index contributed by atoms with van der Waals surface area (Å²) in [5.74, 6) is 0. The summed E-state index contributed by atoms with van der Waals surface area (Å²) < 4.78 is 0. The van der Waals surface area contributed by atoms with Gasteiger partial charge in [-0.1, -0.05) is 60.7 Å². The molecule has 0 saturated carbocycles. The Kier molecular flexibility index (Phi) is 4.74. The molecule has 0 spiro atoms. The van der Waals surface area contributed by atoms with E-state index in [2.05, 4.69) is 0 Å². The molecule has 3 aliphatic rings. The first-order valence-corrected chi connectivity index (χ1v) is 8.42. The van der Waals surface area contributed by atoms with Gasteiger partial charge in [-0.15, -0.1) is 22.8 Å². The fourth-order valence-electron chi connectivity index (χ4n) is 3.00. The summed E-state index contributed by atoms with van der Waals surface area (Å²) in [5, 5.41) is 9.46. The Morgan fingerprint density at radius 3 is 1.59 bits per heavy atom. The van der Waals surface area contributed by atoms with Gasteiger partial charge in [0.2, 0.25) is 0 Å². The van der Waals surface area contributed by atoms with E-state index < -0.39 is 0 Å². The molecular weight excluding hydrogens is 515 g/mol. The molecule has 0 aliphatic carbocycles. The number of hydrogen-bond acceptors (Lipinski definition) is 2. The van der Waals surface area contributed by atoms with Gasteiger partial charge >= 0.3 is 21.1 Å². The summed E-state index contributed by atoms with van der Waals surface area (Å²) in [4.78, 5) is 9.46. The molecule has 5 rings (SSSR count). The Hall–Kier alpha value is -2.97. The van der Waals surface area contributed by atoms with Crippen LogP contribution in [-0.2, 0) is 21.1 Å². The van der Waals surface area contributed by atoms with Crippen molar-refractivity contribution >= 4 is 23.5 Å². The van der Waals surface area contributed by atoms with Crippen molar-refractivity contribution in [2.75, 3.05) is 0 Å². The Labute approximate surface area is 172 Å². The van der Waals surface area contributed by atoms with Gasteiger partial charge in [-0.05, 0) is 24.3 Å². The molecule has 3 aliphatic heterocycles. The van der Waals surface area contributed by atoms with Crippen molar-refractivity contribution in [2.24, 2.45) is 0 Å². The van der Waals surface area contributed by atoms with Crippen LogP contribution in [0.5, 0.6) is 0 Å². The average Bonchev–Trinajstić information content (AvgIpc) is 2.68. The van der Waals surface area contributed by atoms with Crippen LogP contribution < -0.4 is 0 Å². The van der Waals surface area contributed by atoms with Crippen LogP contribution in [0.4, 0.5) is 0 Å². The first-order valence-electron chi connectivity index (χ1n) is 8.42. The molecule has 4 nitrogen and oxygen atoms in total. The van der Waals surface area contributed by atoms with E-state index in [1.807, 2.05) is 85.0 Å². The molecule has 2 aromatic rings. The van der Waals surface area contributed by atoms with E-state index in [1.54, 1.807) is 0 Å². The third kappa shape index (κ3) is 3.62. The van der Waals surface area contributed by atoms with E-state index >= 15 is 0 Å². The Balaban J connectivity index is 0.00000180. The van der Waals surface area contributed by atoms with E-state index in [1.165, 1.54) is 0 Å². The standard InChI is InChI=1S/C22H14N4.Pt/c1-5-15-13-16-6-3-11-21(25-16)22-12-4-8-18(26-22)14-17-7-2-10-20(24-17)19(9-1)23-15;/h1-14H;/q-2;+2. The molecule has 0 N–H and O–H groups in total. The number of pyridine rings is 2. The molecule has 0 radical (unpaired) electrons. The number of aromatic nitrogens is 2. The third-order valence-electron chi connectivity index (χ3n) is 4.20. The molecule has 5 heteroatoms. The van der Waals surface area contributed by atoms with E-state index in [-0.39, 0.29) is 21.1 Å². The average molecular weight is 529 g/mol. The zero-order valence-electron chi connectivity index (χ0n) is 14.2. The number of fused-ring (bicyclic) bond motifs is 10. The first kappa shape index (κ1) is 17.4. The van der Waals surface area contributed by atoms with Crippen LogP contribution in [0.25, 0.3) is 34.2 Å². The molecule has 0 unspecified atom stereocenters. The molecule has 0 fully saturated rings. The maximum absolute atomic E-state index is 4.73. The van der Waals surface area contributed by atoms with Crippen LogP contribution in [0, 0.1) is 0 Å². The molecule has 2 aromatic heterocycles. The van der Waals surface area contributed by atoms with Crippen molar-refractivity contribution in [1.29, 1.82) is 0 Å². The van der Waals surface area contributed by atoms with Crippen LogP contribution in [0.2, 0.25) is 0 Å². The Morgan fingerprint density at radius 2 is 1.11 bits per heavy atom. The Morgan fingerprint density at radius 1 is 0.630 bits per heavy atom. The summed E-state index contributed by atoms with van der Waals surface area (Å²) in [7, 11) is 0. The van der Waals surface area contributed by atoms with Gasteiger partial charge < -0.3 is 10.6 Å². The van der Waals surface area contributed by atoms with Crippen molar-refractivity contribution in [1.82, 2.24) is 9.97 Å². The molecule has 8 bridgehead atoms. The number of allylic oxidation sites excluding steroid dienone is 6. The van der Waals surface area contributed by atoms with E-state index in [4.69, 9.17) is 20.6 Å². The van der Waals surface area contributed by atoms with Gasteiger partial charge in [0.25, 0.3) is 0 Å². The predicted octanol–water partition coefficient (Wildman–Crippen LogP) is 5.44. The number of hydrogen-bond donors (Lipinski definition) is 0. The van der Waals surface area contributed by atoms with Gasteiger partial charge in [-0.25, -0.2) is 0 Å². The maximum Gasteiger partial charge on any atom is 2.00 e. The van der Waals surface area contributed by atoms with Crippen LogP contribution in [0.3, 0.4) is 0 Å². The fourth-order valence-corrected chi connectivity index (χ4v) is 3.00. The number of rotatable bonds is 0. The summed E-state index contributed by atoms with van der Waals surface area (Å²) >= 11 is 0. The summed E-state index contributed by atoms with van der Waals surface area (Å²) in [6.45, 7) is 0. The van der Waals surface area contributed by atoms with Gasteiger partial charge in [0.05, 0.1) is 11.4 Å². The molecular formula is C22H14N4Pt. The second-order valence-electron chi connectivity index (χ2n) is 6.08. The molecule has 0 amide bonds. The molecule has 0 atom stereocenters. The summed E-state index contributed by atoms with van der Waals surface area (Å²) in [6, 6.07) is 11.9. The van der Waals surface area contributed by atoms with Crippen molar-refractivity contribution in [2.45, 2.75) is 0 Å². The largest absolute Gasteiger partial charge is 2.00 e. The van der Waals surface area contributed by atoms with Gasteiger partial charge in [0.1, 0.15) is 0 Å². The minimum atomic E-state index is 0. The van der Waals surface area contributed by atoms with Crippen LogP contribution in [0.1, 0.15) is 22.8 Å². The minimum absolute atomic E-state index is 0.